The summed E-state index contributed by atoms with van der Waals surface area (Å²) in [5, 5.41) is 3.67. The Morgan fingerprint density at radius 1 is 1.18 bits per heavy atom. The summed E-state index contributed by atoms with van der Waals surface area (Å²) in [5.74, 6) is 0. The second kappa shape index (κ2) is 8.26. The summed E-state index contributed by atoms with van der Waals surface area (Å²) in [4.78, 5) is 2.24. The molecule has 1 aromatic rings. The Kier molecular flexibility index (Phi) is 6.90. The summed E-state index contributed by atoms with van der Waals surface area (Å²) in [6.45, 7) is 4.50. The van der Waals surface area contributed by atoms with Crippen molar-refractivity contribution in [2.75, 3.05) is 27.2 Å². The van der Waals surface area contributed by atoms with Crippen LogP contribution in [0.15, 0.2) is 30.3 Å². The van der Waals surface area contributed by atoms with E-state index in [-0.39, 0.29) is 0 Å². The van der Waals surface area contributed by atoms with Crippen molar-refractivity contribution in [3.05, 3.63) is 35.9 Å². The van der Waals surface area contributed by atoms with Gasteiger partial charge >= 0.3 is 0 Å². The SMILES string of the molecule is CCCC(NCCCN(C)C)c1ccccc1. The summed E-state index contributed by atoms with van der Waals surface area (Å²) in [7, 11) is 4.25. The van der Waals surface area contributed by atoms with Gasteiger partial charge in [-0.1, -0.05) is 43.7 Å². The number of nitrogens with zero attached hydrogens (tertiary/aromatic N) is 1. The molecule has 0 saturated heterocycles. The number of hydrogen-bond acceptors (Lipinski definition) is 2. The minimum Gasteiger partial charge on any atom is -0.310 e. The van der Waals surface area contributed by atoms with Crippen LogP contribution in [-0.2, 0) is 0 Å². The monoisotopic (exact) mass is 234 g/mol. The van der Waals surface area contributed by atoms with Gasteiger partial charge in [0.2, 0.25) is 0 Å². The van der Waals surface area contributed by atoms with Crippen molar-refractivity contribution in [1.82, 2.24) is 10.2 Å². The lowest BCUT2D eigenvalue weighted by atomic mass is 10.0. The quantitative estimate of drug-likeness (QED) is 0.695. The molecular formula is C15H26N2. The van der Waals surface area contributed by atoms with Gasteiger partial charge in [-0.15, -0.1) is 0 Å². The first-order valence-electron chi connectivity index (χ1n) is 6.67. The fraction of sp³-hybridized carbons (Fsp3) is 0.600. The molecule has 0 aliphatic heterocycles. The molecule has 1 unspecified atom stereocenters. The smallest absolute Gasteiger partial charge is 0.0320 e. The Morgan fingerprint density at radius 3 is 2.47 bits per heavy atom. The molecule has 1 N–H and O–H groups in total. The number of hydrogen-bond donors (Lipinski definition) is 1. The van der Waals surface area contributed by atoms with E-state index in [1.807, 2.05) is 0 Å². The molecule has 0 spiro atoms. The second-order valence-corrected chi connectivity index (χ2v) is 4.86. The van der Waals surface area contributed by atoms with Crippen LogP contribution < -0.4 is 5.32 Å². The van der Waals surface area contributed by atoms with E-state index in [4.69, 9.17) is 0 Å². The lowest BCUT2D eigenvalue weighted by Gasteiger charge is -2.19. The molecule has 1 rings (SSSR count). The van der Waals surface area contributed by atoms with E-state index in [0.717, 1.165) is 13.1 Å². The zero-order chi connectivity index (χ0) is 12.5. The Morgan fingerprint density at radius 2 is 1.88 bits per heavy atom. The third kappa shape index (κ3) is 5.85. The molecule has 2 nitrogen and oxygen atoms in total. The number of benzene rings is 1. The molecule has 0 saturated carbocycles. The summed E-state index contributed by atoms with van der Waals surface area (Å²) in [6.07, 6.45) is 3.65. The van der Waals surface area contributed by atoms with Crippen LogP contribution >= 0.6 is 0 Å². The zero-order valence-corrected chi connectivity index (χ0v) is 11.4. The van der Waals surface area contributed by atoms with Crippen molar-refractivity contribution in [3.8, 4) is 0 Å². The fourth-order valence-corrected chi connectivity index (χ4v) is 2.03. The summed E-state index contributed by atoms with van der Waals surface area (Å²) in [5.41, 5.74) is 1.42. The summed E-state index contributed by atoms with van der Waals surface area (Å²) < 4.78 is 0. The maximum atomic E-state index is 3.67. The van der Waals surface area contributed by atoms with Gasteiger partial charge in [0.05, 0.1) is 0 Å². The second-order valence-electron chi connectivity index (χ2n) is 4.86. The molecule has 1 atom stereocenters. The molecule has 0 bridgehead atoms. The molecule has 0 radical (unpaired) electrons. The first-order chi connectivity index (χ1) is 8.24. The number of nitrogens with one attached hydrogen (secondary N) is 1. The van der Waals surface area contributed by atoms with E-state index >= 15 is 0 Å². The van der Waals surface area contributed by atoms with Crippen molar-refractivity contribution in [2.45, 2.75) is 32.2 Å². The van der Waals surface area contributed by atoms with Crippen molar-refractivity contribution in [1.29, 1.82) is 0 Å². The topological polar surface area (TPSA) is 15.3 Å². The van der Waals surface area contributed by atoms with Gasteiger partial charge in [0, 0.05) is 6.04 Å². The highest BCUT2D eigenvalue weighted by Gasteiger charge is 2.08. The van der Waals surface area contributed by atoms with Crippen molar-refractivity contribution in [3.63, 3.8) is 0 Å². The van der Waals surface area contributed by atoms with Gasteiger partial charge in [0.1, 0.15) is 0 Å². The largest absolute Gasteiger partial charge is 0.310 e. The van der Waals surface area contributed by atoms with E-state index in [1.165, 1.54) is 24.8 Å². The summed E-state index contributed by atoms with van der Waals surface area (Å²) in [6, 6.07) is 11.3. The Balaban J connectivity index is 2.39. The zero-order valence-electron chi connectivity index (χ0n) is 11.4. The van der Waals surface area contributed by atoms with Gasteiger partial charge < -0.3 is 10.2 Å². The van der Waals surface area contributed by atoms with Crippen molar-refractivity contribution in [2.24, 2.45) is 0 Å². The molecule has 0 heterocycles. The molecule has 0 fully saturated rings. The predicted octanol–water partition coefficient (Wildman–Crippen LogP) is 3.07. The highest BCUT2D eigenvalue weighted by molar-refractivity contribution is 5.18. The lowest BCUT2D eigenvalue weighted by molar-refractivity contribution is 0.383. The molecule has 0 amide bonds. The van der Waals surface area contributed by atoms with E-state index < -0.39 is 0 Å². The van der Waals surface area contributed by atoms with Crippen LogP contribution in [0.1, 0.15) is 37.8 Å². The predicted molar refractivity (Wildman–Crippen MR) is 75.3 cm³/mol. The van der Waals surface area contributed by atoms with Crippen LogP contribution in [0.4, 0.5) is 0 Å². The average Bonchev–Trinajstić information content (AvgIpc) is 2.34. The Labute approximate surface area is 106 Å². The normalized spacial score (nSPS) is 12.9. The van der Waals surface area contributed by atoms with Gasteiger partial charge in [-0.05, 0) is 45.6 Å². The van der Waals surface area contributed by atoms with Crippen LogP contribution in [0.5, 0.6) is 0 Å². The highest BCUT2D eigenvalue weighted by atomic mass is 15.1. The third-order valence-corrected chi connectivity index (χ3v) is 2.95. The summed E-state index contributed by atoms with van der Waals surface area (Å²) >= 11 is 0. The van der Waals surface area contributed by atoms with Gasteiger partial charge in [-0.2, -0.15) is 0 Å². The molecule has 96 valence electrons. The first kappa shape index (κ1) is 14.2. The van der Waals surface area contributed by atoms with E-state index in [1.54, 1.807) is 0 Å². The van der Waals surface area contributed by atoms with Crippen molar-refractivity contribution >= 4 is 0 Å². The van der Waals surface area contributed by atoms with Crippen LogP contribution in [-0.4, -0.2) is 32.1 Å². The van der Waals surface area contributed by atoms with Crippen LogP contribution in [0.3, 0.4) is 0 Å². The molecule has 1 aromatic carbocycles. The molecule has 0 aromatic heterocycles. The van der Waals surface area contributed by atoms with Crippen molar-refractivity contribution < 1.29 is 0 Å². The third-order valence-electron chi connectivity index (χ3n) is 2.95. The molecule has 0 aliphatic carbocycles. The first-order valence-corrected chi connectivity index (χ1v) is 6.67. The number of rotatable bonds is 8. The van der Waals surface area contributed by atoms with Gasteiger partial charge in [0.25, 0.3) is 0 Å². The van der Waals surface area contributed by atoms with Crippen LogP contribution in [0.2, 0.25) is 0 Å². The van der Waals surface area contributed by atoms with E-state index in [2.05, 4.69) is 61.6 Å². The van der Waals surface area contributed by atoms with Crippen LogP contribution in [0, 0.1) is 0 Å². The standard InChI is InChI=1S/C15H26N2/c1-4-9-15(14-10-6-5-7-11-14)16-12-8-13-17(2)3/h5-7,10-11,15-16H,4,8-9,12-13H2,1-3H3. The molecule has 0 aliphatic rings. The minimum absolute atomic E-state index is 0.517. The van der Waals surface area contributed by atoms with Gasteiger partial charge in [-0.3, -0.25) is 0 Å². The lowest BCUT2D eigenvalue weighted by Crippen LogP contribution is -2.25. The molecule has 2 heteroatoms. The maximum absolute atomic E-state index is 3.67. The highest BCUT2D eigenvalue weighted by Crippen LogP contribution is 2.17. The van der Waals surface area contributed by atoms with Crippen LogP contribution in [0.25, 0.3) is 0 Å². The minimum atomic E-state index is 0.517. The Hall–Kier alpha value is -0.860. The van der Waals surface area contributed by atoms with Gasteiger partial charge in [0.15, 0.2) is 0 Å². The average molecular weight is 234 g/mol. The molecule has 17 heavy (non-hydrogen) atoms. The fourth-order valence-electron chi connectivity index (χ4n) is 2.03. The van der Waals surface area contributed by atoms with E-state index in [9.17, 15) is 0 Å². The molecular weight excluding hydrogens is 208 g/mol. The van der Waals surface area contributed by atoms with Gasteiger partial charge in [-0.25, -0.2) is 0 Å². The maximum Gasteiger partial charge on any atom is 0.0320 e. The van der Waals surface area contributed by atoms with E-state index in [0.29, 0.717) is 6.04 Å². The Bertz CT molecular complexity index is 282.